The van der Waals surface area contributed by atoms with Crippen molar-refractivity contribution in [1.82, 2.24) is 9.78 Å². The van der Waals surface area contributed by atoms with Crippen molar-refractivity contribution < 1.29 is 0 Å². The van der Waals surface area contributed by atoms with E-state index in [0.29, 0.717) is 11.6 Å². The summed E-state index contributed by atoms with van der Waals surface area (Å²) in [4.78, 5) is 11.4. The maximum absolute atomic E-state index is 11.4. The van der Waals surface area contributed by atoms with Crippen molar-refractivity contribution in [2.24, 2.45) is 0 Å². The third kappa shape index (κ3) is 2.46. The molecule has 0 aliphatic heterocycles. The maximum atomic E-state index is 11.4. The topological polar surface area (TPSA) is 34.9 Å². The molecule has 15 heavy (non-hydrogen) atoms. The molecule has 1 aromatic carbocycles. The van der Waals surface area contributed by atoms with Crippen LogP contribution in [0.25, 0.3) is 0 Å². The van der Waals surface area contributed by atoms with Gasteiger partial charge < -0.3 is 0 Å². The number of hydrogen-bond donors (Lipinski definition) is 0. The first-order valence-corrected chi connectivity index (χ1v) is 5.63. The molecule has 5 heteroatoms. The zero-order chi connectivity index (χ0) is 10.8. The molecule has 0 saturated heterocycles. The van der Waals surface area contributed by atoms with E-state index < -0.39 is 0 Å². The van der Waals surface area contributed by atoms with Gasteiger partial charge >= 0.3 is 4.87 Å². The van der Waals surface area contributed by atoms with E-state index in [1.807, 2.05) is 19.1 Å². The van der Waals surface area contributed by atoms with Crippen LogP contribution in [0.1, 0.15) is 10.6 Å². The molecule has 0 aliphatic carbocycles. The van der Waals surface area contributed by atoms with E-state index in [-0.39, 0.29) is 4.87 Å². The Kier molecular flexibility index (Phi) is 2.88. The van der Waals surface area contributed by atoms with Crippen LogP contribution < -0.4 is 4.87 Å². The van der Waals surface area contributed by atoms with Crippen molar-refractivity contribution in [2.75, 3.05) is 0 Å². The summed E-state index contributed by atoms with van der Waals surface area (Å²) in [6.45, 7) is 2.32. The molecule has 1 aromatic heterocycles. The van der Waals surface area contributed by atoms with Crippen molar-refractivity contribution >= 4 is 22.9 Å². The van der Waals surface area contributed by atoms with Crippen LogP contribution in [0.5, 0.6) is 0 Å². The molecule has 0 unspecified atom stereocenters. The Hall–Kier alpha value is -1.13. The van der Waals surface area contributed by atoms with E-state index >= 15 is 0 Å². The summed E-state index contributed by atoms with van der Waals surface area (Å²) in [5.41, 5.74) is 1.02. The van der Waals surface area contributed by atoms with Crippen LogP contribution in [-0.2, 0) is 6.54 Å². The van der Waals surface area contributed by atoms with E-state index in [4.69, 9.17) is 11.6 Å². The third-order valence-corrected chi connectivity index (χ3v) is 2.97. The van der Waals surface area contributed by atoms with Gasteiger partial charge in [-0.1, -0.05) is 35.1 Å². The van der Waals surface area contributed by atoms with E-state index in [1.54, 1.807) is 12.1 Å². The molecular formula is C10H9ClN2OS. The quantitative estimate of drug-likeness (QED) is 0.808. The summed E-state index contributed by atoms with van der Waals surface area (Å²) in [6, 6.07) is 7.40. The van der Waals surface area contributed by atoms with Crippen LogP contribution in [0, 0.1) is 6.92 Å². The Labute approximate surface area is 95.9 Å². The Balaban J connectivity index is 2.25. The first-order valence-electron chi connectivity index (χ1n) is 4.44. The summed E-state index contributed by atoms with van der Waals surface area (Å²) in [7, 11) is 0. The van der Waals surface area contributed by atoms with Gasteiger partial charge in [0.15, 0.2) is 0 Å². The van der Waals surface area contributed by atoms with Crippen LogP contribution in [0.3, 0.4) is 0 Å². The van der Waals surface area contributed by atoms with E-state index in [2.05, 4.69) is 5.10 Å². The molecule has 2 aromatic rings. The van der Waals surface area contributed by atoms with Crippen molar-refractivity contribution in [3.63, 3.8) is 0 Å². The molecule has 3 nitrogen and oxygen atoms in total. The van der Waals surface area contributed by atoms with Crippen molar-refractivity contribution in [2.45, 2.75) is 13.5 Å². The molecule has 0 bridgehead atoms. The highest BCUT2D eigenvalue weighted by atomic mass is 35.5. The van der Waals surface area contributed by atoms with Crippen LogP contribution in [0.4, 0.5) is 0 Å². The maximum Gasteiger partial charge on any atom is 0.325 e. The highest BCUT2D eigenvalue weighted by molar-refractivity contribution is 7.08. The predicted molar refractivity (Wildman–Crippen MR) is 61.7 cm³/mol. The van der Waals surface area contributed by atoms with Gasteiger partial charge in [-0.25, -0.2) is 4.68 Å². The molecule has 0 spiro atoms. The SMILES string of the molecule is Cc1nn(Cc2ccc(Cl)cc2)c(=O)s1. The molecule has 1 heterocycles. The number of aromatic nitrogens is 2. The second-order valence-corrected chi connectivity index (χ2v) is 4.75. The summed E-state index contributed by atoms with van der Waals surface area (Å²) in [6.07, 6.45) is 0. The normalized spacial score (nSPS) is 10.5. The second-order valence-electron chi connectivity index (χ2n) is 3.17. The van der Waals surface area contributed by atoms with Gasteiger partial charge in [0.1, 0.15) is 5.01 Å². The van der Waals surface area contributed by atoms with Crippen LogP contribution in [-0.4, -0.2) is 9.78 Å². The van der Waals surface area contributed by atoms with Gasteiger partial charge in [0, 0.05) is 5.02 Å². The Morgan fingerprint density at radius 2 is 2.07 bits per heavy atom. The van der Waals surface area contributed by atoms with Crippen molar-refractivity contribution in [1.29, 1.82) is 0 Å². The number of benzene rings is 1. The average molecular weight is 241 g/mol. The third-order valence-electron chi connectivity index (χ3n) is 1.95. The fraction of sp³-hybridized carbons (Fsp3) is 0.200. The average Bonchev–Trinajstić information content (AvgIpc) is 2.49. The Morgan fingerprint density at radius 1 is 1.40 bits per heavy atom. The number of nitrogens with zero attached hydrogens (tertiary/aromatic N) is 2. The summed E-state index contributed by atoms with van der Waals surface area (Å²) >= 11 is 6.93. The van der Waals surface area contributed by atoms with Crippen LogP contribution in [0.15, 0.2) is 29.1 Å². The van der Waals surface area contributed by atoms with E-state index in [1.165, 1.54) is 4.68 Å². The molecule has 0 atom stereocenters. The zero-order valence-corrected chi connectivity index (χ0v) is 9.68. The summed E-state index contributed by atoms with van der Waals surface area (Å²) in [5, 5.41) is 5.60. The fourth-order valence-electron chi connectivity index (χ4n) is 1.27. The fourth-order valence-corrected chi connectivity index (χ4v) is 2.00. The summed E-state index contributed by atoms with van der Waals surface area (Å²) < 4.78 is 1.46. The van der Waals surface area contributed by atoms with Gasteiger partial charge in [0.2, 0.25) is 0 Å². The minimum atomic E-state index is -0.0255. The lowest BCUT2D eigenvalue weighted by atomic mass is 10.2. The lowest BCUT2D eigenvalue weighted by Gasteiger charge is -2.00. The smallest absolute Gasteiger partial charge is 0.255 e. The number of hydrogen-bond acceptors (Lipinski definition) is 3. The van der Waals surface area contributed by atoms with Crippen molar-refractivity contribution in [3.05, 3.63) is 49.5 Å². The van der Waals surface area contributed by atoms with Gasteiger partial charge in [0.05, 0.1) is 6.54 Å². The molecule has 78 valence electrons. The highest BCUT2D eigenvalue weighted by Gasteiger charge is 2.02. The lowest BCUT2D eigenvalue weighted by Crippen LogP contribution is -2.15. The van der Waals surface area contributed by atoms with Gasteiger partial charge in [-0.3, -0.25) is 4.79 Å². The zero-order valence-electron chi connectivity index (χ0n) is 8.11. The second kappa shape index (κ2) is 4.16. The Morgan fingerprint density at radius 3 is 2.60 bits per heavy atom. The predicted octanol–water partition coefficient (Wildman–Crippen LogP) is 2.31. The monoisotopic (exact) mass is 240 g/mol. The molecule has 0 amide bonds. The van der Waals surface area contributed by atoms with E-state index in [0.717, 1.165) is 21.9 Å². The Bertz CT molecular complexity index is 515. The minimum Gasteiger partial charge on any atom is -0.255 e. The molecule has 0 N–H and O–H groups in total. The molecular weight excluding hydrogens is 232 g/mol. The highest BCUT2D eigenvalue weighted by Crippen LogP contribution is 2.10. The largest absolute Gasteiger partial charge is 0.325 e. The number of halogens is 1. The molecule has 0 saturated carbocycles. The molecule has 0 radical (unpaired) electrons. The molecule has 0 fully saturated rings. The van der Waals surface area contributed by atoms with Gasteiger partial charge in [-0.2, -0.15) is 5.10 Å². The number of aryl methyl sites for hydroxylation is 1. The van der Waals surface area contributed by atoms with Crippen LogP contribution in [0.2, 0.25) is 5.02 Å². The van der Waals surface area contributed by atoms with Gasteiger partial charge in [-0.05, 0) is 24.6 Å². The van der Waals surface area contributed by atoms with Gasteiger partial charge in [0.25, 0.3) is 0 Å². The van der Waals surface area contributed by atoms with Crippen LogP contribution >= 0.6 is 22.9 Å². The molecule has 2 rings (SSSR count). The minimum absolute atomic E-state index is 0.0255. The molecule has 0 aliphatic rings. The van der Waals surface area contributed by atoms with Crippen molar-refractivity contribution in [3.8, 4) is 0 Å². The van der Waals surface area contributed by atoms with Gasteiger partial charge in [-0.15, -0.1) is 0 Å². The number of rotatable bonds is 2. The first kappa shape index (κ1) is 10.4. The standard InChI is InChI=1S/C10H9ClN2OS/c1-7-12-13(10(14)15-7)6-8-2-4-9(11)5-3-8/h2-5H,6H2,1H3. The lowest BCUT2D eigenvalue weighted by molar-refractivity contribution is 0.659. The van der Waals surface area contributed by atoms with E-state index in [9.17, 15) is 4.79 Å². The summed E-state index contributed by atoms with van der Waals surface area (Å²) in [5.74, 6) is 0. The first-order chi connectivity index (χ1) is 7.15.